The minimum Gasteiger partial charge on any atom is -0.493 e. The fraction of sp³-hybridized carbons (Fsp3) is 0.417. The predicted octanol–water partition coefficient (Wildman–Crippen LogP) is 2.90. The van der Waals surface area contributed by atoms with Crippen molar-refractivity contribution in [2.75, 3.05) is 13.9 Å². The number of methoxy groups -OCH3 is 1. The van der Waals surface area contributed by atoms with Crippen LogP contribution in [0, 0.1) is 0 Å². The Morgan fingerprint density at radius 1 is 1.09 bits per heavy atom. The summed E-state index contributed by atoms with van der Waals surface area (Å²) in [6, 6.07) is 9.71. The van der Waals surface area contributed by atoms with Crippen LogP contribution in [0.2, 0.25) is 0 Å². The van der Waals surface area contributed by atoms with Crippen molar-refractivity contribution in [3.8, 4) is 17.2 Å². The number of benzene rings is 1. The molecule has 1 heterocycles. The molecule has 34 heavy (non-hydrogen) atoms. The van der Waals surface area contributed by atoms with Gasteiger partial charge < -0.3 is 29.0 Å². The fourth-order valence-corrected chi connectivity index (χ4v) is 2.94. The van der Waals surface area contributed by atoms with Crippen molar-refractivity contribution in [2.24, 2.45) is 0 Å². The van der Waals surface area contributed by atoms with Crippen LogP contribution in [0.3, 0.4) is 0 Å². The summed E-state index contributed by atoms with van der Waals surface area (Å²) in [7, 11) is 1.39. The van der Waals surface area contributed by atoms with Crippen molar-refractivity contribution in [1.82, 2.24) is 10.3 Å². The van der Waals surface area contributed by atoms with Crippen molar-refractivity contribution in [3.63, 3.8) is 0 Å². The first-order valence-corrected chi connectivity index (χ1v) is 10.8. The molecule has 0 aliphatic rings. The number of nitrogens with zero attached hydrogens (tertiary/aromatic N) is 1. The number of rotatable bonds is 12. The van der Waals surface area contributed by atoms with E-state index in [0.717, 1.165) is 0 Å². The molecule has 0 radical (unpaired) electrons. The van der Waals surface area contributed by atoms with Gasteiger partial charge in [0.15, 0.2) is 17.2 Å². The molecule has 1 amide bonds. The SMILES string of the molecule is CC[C@H](OC(=O)[C@H](C)NC(=O)c1nccc(OC)c1OCOC(C)=O)[C@@H](C)Oc1ccccc1. The third-order valence-electron chi connectivity index (χ3n) is 4.73. The monoisotopic (exact) mass is 474 g/mol. The summed E-state index contributed by atoms with van der Waals surface area (Å²) in [5, 5.41) is 2.54. The molecule has 0 fully saturated rings. The van der Waals surface area contributed by atoms with Gasteiger partial charge in [-0.05, 0) is 32.4 Å². The smallest absolute Gasteiger partial charge is 0.328 e. The van der Waals surface area contributed by atoms with E-state index in [0.29, 0.717) is 12.2 Å². The second kappa shape index (κ2) is 13.0. The first-order chi connectivity index (χ1) is 16.3. The summed E-state index contributed by atoms with van der Waals surface area (Å²) >= 11 is 0. The van der Waals surface area contributed by atoms with Crippen LogP contribution in [0.1, 0.15) is 44.6 Å². The van der Waals surface area contributed by atoms with E-state index < -0.39 is 42.9 Å². The molecule has 0 aliphatic carbocycles. The summed E-state index contributed by atoms with van der Waals surface area (Å²) in [6.07, 6.45) is 0.946. The third-order valence-corrected chi connectivity index (χ3v) is 4.73. The number of hydrogen-bond acceptors (Lipinski definition) is 9. The highest BCUT2D eigenvalue weighted by atomic mass is 16.7. The highest BCUT2D eigenvalue weighted by molar-refractivity contribution is 5.98. The standard InChI is InChI=1S/C24H30N2O8/c1-6-19(16(3)33-18-10-8-7-9-11-18)34-24(29)15(2)26-23(28)21-22(32-14-31-17(4)27)20(30-5)12-13-25-21/h7-13,15-16,19H,6,14H2,1-5H3,(H,26,28)/t15-,16+,19-/m0/s1. The van der Waals surface area contributed by atoms with Crippen LogP contribution in [0.4, 0.5) is 0 Å². The Hall–Kier alpha value is -3.82. The lowest BCUT2D eigenvalue weighted by atomic mass is 10.1. The van der Waals surface area contributed by atoms with Crippen molar-refractivity contribution in [1.29, 1.82) is 0 Å². The van der Waals surface area contributed by atoms with Gasteiger partial charge in [-0.2, -0.15) is 0 Å². The van der Waals surface area contributed by atoms with Crippen molar-refractivity contribution >= 4 is 17.8 Å². The van der Waals surface area contributed by atoms with Gasteiger partial charge in [-0.25, -0.2) is 9.78 Å². The van der Waals surface area contributed by atoms with E-state index >= 15 is 0 Å². The Labute approximate surface area is 198 Å². The van der Waals surface area contributed by atoms with Crippen LogP contribution < -0.4 is 19.5 Å². The summed E-state index contributed by atoms with van der Waals surface area (Å²) in [6.45, 7) is 5.96. The Morgan fingerprint density at radius 2 is 1.79 bits per heavy atom. The molecule has 0 spiro atoms. The van der Waals surface area contributed by atoms with Crippen LogP contribution >= 0.6 is 0 Å². The molecular formula is C24H30N2O8. The zero-order valence-corrected chi connectivity index (χ0v) is 19.9. The van der Waals surface area contributed by atoms with Gasteiger partial charge in [-0.3, -0.25) is 9.59 Å². The average molecular weight is 475 g/mol. The molecule has 1 aromatic carbocycles. The predicted molar refractivity (Wildman–Crippen MR) is 122 cm³/mol. The maximum Gasteiger partial charge on any atom is 0.328 e. The molecule has 3 atom stereocenters. The second-order valence-corrected chi connectivity index (χ2v) is 7.30. The van der Waals surface area contributed by atoms with Crippen LogP contribution in [-0.4, -0.2) is 55.0 Å². The number of ether oxygens (including phenoxy) is 5. The highest BCUT2D eigenvalue weighted by Gasteiger charge is 2.27. The zero-order chi connectivity index (χ0) is 25.1. The van der Waals surface area contributed by atoms with E-state index in [2.05, 4.69) is 10.3 Å². The van der Waals surface area contributed by atoms with Crippen molar-refractivity contribution in [2.45, 2.75) is 52.4 Å². The van der Waals surface area contributed by atoms with E-state index in [1.54, 1.807) is 0 Å². The van der Waals surface area contributed by atoms with Gasteiger partial charge in [0.2, 0.25) is 6.79 Å². The van der Waals surface area contributed by atoms with Gasteiger partial charge in [0.25, 0.3) is 5.91 Å². The third kappa shape index (κ3) is 7.65. The largest absolute Gasteiger partial charge is 0.493 e. The van der Waals surface area contributed by atoms with E-state index in [4.69, 9.17) is 23.7 Å². The molecule has 0 unspecified atom stereocenters. The van der Waals surface area contributed by atoms with Crippen LogP contribution in [0.25, 0.3) is 0 Å². The molecule has 0 bridgehead atoms. The lowest BCUT2D eigenvalue weighted by molar-refractivity contribution is -0.155. The maximum atomic E-state index is 12.8. The first kappa shape index (κ1) is 26.4. The fourth-order valence-electron chi connectivity index (χ4n) is 2.94. The quantitative estimate of drug-likeness (QED) is 0.365. The van der Waals surface area contributed by atoms with Crippen LogP contribution in [0.15, 0.2) is 42.6 Å². The number of aromatic nitrogens is 1. The van der Waals surface area contributed by atoms with Crippen LogP contribution in [0.5, 0.6) is 17.2 Å². The van der Waals surface area contributed by atoms with Gasteiger partial charge in [0.05, 0.1) is 7.11 Å². The van der Waals surface area contributed by atoms with Gasteiger partial charge in [-0.1, -0.05) is 25.1 Å². The lowest BCUT2D eigenvalue weighted by Gasteiger charge is -2.25. The number of hydrogen-bond donors (Lipinski definition) is 1. The molecule has 2 rings (SSSR count). The maximum absolute atomic E-state index is 12.8. The summed E-state index contributed by atoms with van der Waals surface area (Å²) in [5.74, 6) is -1.03. The number of esters is 2. The first-order valence-electron chi connectivity index (χ1n) is 10.8. The minimum atomic E-state index is -0.986. The molecule has 10 heteroatoms. The van der Waals surface area contributed by atoms with Gasteiger partial charge in [0.1, 0.15) is 24.0 Å². The highest BCUT2D eigenvalue weighted by Crippen LogP contribution is 2.29. The summed E-state index contributed by atoms with van der Waals surface area (Å²) in [4.78, 5) is 40.5. The number of carbonyl (C=O) groups excluding carboxylic acids is 3. The number of carbonyl (C=O) groups is 3. The molecule has 0 saturated heterocycles. The zero-order valence-electron chi connectivity index (χ0n) is 19.9. The Kier molecular flexibility index (Phi) is 10.1. The second-order valence-electron chi connectivity index (χ2n) is 7.30. The molecule has 1 aromatic heterocycles. The number of nitrogens with one attached hydrogen (secondary N) is 1. The molecule has 184 valence electrons. The Morgan fingerprint density at radius 3 is 2.41 bits per heavy atom. The van der Waals surface area contributed by atoms with E-state index in [1.807, 2.05) is 44.2 Å². The van der Waals surface area contributed by atoms with E-state index in [-0.39, 0.29) is 17.2 Å². The average Bonchev–Trinajstić information content (AvgIpc) is 2.82. The molecular weight excluding hydrogens is 444 g/mol. The molecule has 0 saturated carbocycles. The van der Waals surface area contributed by atoms with Crippen molar-refractivity contribution < 1.29 is 38.1 Å². The van der Waals surface area contributed by atoms with Crippen molar-refractivity contribution in [3.05, 3.63) is 48.3 Å². The lowest BCUT2D eigenvalue weighted by Crippen LogP contribution is -2.43. The van der Waals surface area contributed by atoms with Crippen LogP contribution in [-0.2, 0) is 19.1 Å². The topological polar surface area (TPSA) is 122 Å². The molecule has 2 aromatic rings. The number of para-hydroxylation sites is 1. The normalized spacial score (nSPS) is 13.1. The molecule has 10 nitrogen and oxygen atoms in total. The summed E-state index contributed by atoms with van der Waals surface area (Å²) in [5.41, 5.74) is -0.140. The van der Waals surface area contributed by atoms with E-state index in [9.17, 15) is 14.4 Å². The molecule has 0 aliphatic heterocycles. The van der Waals surface area contributed by atoms with E-state index in [1.165, 1.54) is 33.2 Å². The Balaban J connectivity index is 2.03. The summed E-state index contributed by atoms with van der Waals surface area (Å²) < 4.78 is 26.8. The van der Waals surface area contributed by atoms with Gasteiger partial charge in [0, 0.05) is 19.2 Å². The van der Waals surface area contributed by atoms with Gasteiger partial charge >= 0.3 is 11.9 Å². The molecule has 1 N–H and O–H groups in total. The Bertz CT molecular complexity index is 967. The number of amides is 1. The number of pyridine rings is 1. The minimum absolute atomic E-state index is 0.0272. The van der Waals surface area contributed by atoms with Gasteiger partial charge in [-0.15, -0.1) is 0 Å².